The van der Waals surface area contributed by atoms with E-state index in [1.807, 2.05) is 26.0 Å². The van der Waals surface area contributed by atoms with Crippen molar-refractivity contribution in [3.8, 4) is 0 Å². The zero-order valence-corrected chi connectivity index (χ0v) is 12.6. The number of thiophene rings is 1. The van der Waals surface area contributed by atoms with E-state index in [0.717, 1.165) is 17.7 Å². The minimum absolute atomic E-state index is 0.0277. The molecule has 0 saturated carbocycles. The summed E-state index contributed by atoms with van der Waals surface area (Å²) < 4.78 is 0. The molecule has 1 aliphatic heterocycles. The summed E-state index contributed by atoms with van der Waals surface area (Å²) in [6.07, 6.45) is 1.67. The molecule has 1 fully saturated rings. The number of hydrogen-bond donors (Lipinski definition) is 2. The quantitative estimate of drug-likeness (QED) is 0.897. The van der Waals surface area contributed by atoms with E-state index in [9.17, 15) is 9.59 Å². The second kappa shape index (κ2) is 6.26. The van der Waals surface area contributed by atoms with Gasteiger partial charge in [0.2, 0.25) is 0 Å². The molecule has 1 aliphatic rings. The minimum Gasteiger partial charge on any atom is -0.481 e. The number of hydrogen-bond acceptors (Lipinski definition) is 3. The highest BCUT2D eigenvalue weighted by molar-refractivity contribution is 7.12. The van der Waals surface area contributed by atoms with E-state index in [2.05, 4.69) is 5.32 Å². The van der Waals surface area contributed by atoms with Crippen molar-refractivity contribution >= 4 is 23.3 Å². The summed E-state index contributed by atoms with van der Waals surface area (Å²) in [6, 6.07) is 3.67. The van der Waals surface area contributed by atoms with Gasteiger partial charge in [-0.05, 0) is 38.8 Å². The molecule has 2 unspecified atom stereocenters. The van der Waals surface area contributed by atoms with E-state index in [1.165, 1.54) is 4.88 Å². The van der Waals surface area contributed by atoms with E-state index < -0.39 is 5.97 Å². The molecule has 1 aromatic heterocycles. The third-order valence-corrected chi connectivity index (χ3v) is 4.76. The largest absolute Gasteiger partial charge is 0.481 e. The number of nitrogens with one attached hydrogen (secondary N) is 1. The molecule has 1 aromatic rings. The molecule has 0 aromatic carbocycles. The van der Waals surface area contributed by atoms with Gasteiger partial charge in [0.05, 0.1) is 12.5 Å². The van der Waals surface area contributed by atoms with Crippen LogP contribution >= 0.6 is 11.3 Å². The molecule has 0 spiro atoms. The van der Waals surface area contributed by atoms with Crippen molar-refractivity contribution in [3.05, 3.63) is 21.9 Å². The first-order valence-electron chi connectivity index (χ1n) is 6.82. The van der Waals surface area contributed by atoms with Gasteiger partial charge >= 0.3 is 12.0 Å². The van der Waals surface area contributed by atoms with Crippen LogP contribution in [0.1, 0.15) is 42.0 Å². The molecule has 2 atom stereocenters. The number of aliphatic carboxylic acids is 1. The van der Waals surface area contributed by atoms with Crippen LogP contribution in [0, 0.1) is 6.92 Å². The van der Waals surface area contributed by atoms with Crippen LogP contribution in [0.3, 0.4) is 0 Å². The highest BCUT2D eigenvalue weighted by Crippen LogP contribution is 2.24. The number of aryl methyl sites for hydroxylation is 1. The summed E-state index contributed by atoms with van der Waals surface area (Å²) in [7, 11) is 0. The van der Waals surface area contributed by atoms with Crippen molar-refractivity contribution in [2.75, 3.05) is 6.54 Å². The molecular formula is C14H20N2O3S. The lowest BCUT2D eigenvalue weighted by Crippen LogP contribution is -2.44. The molecule has 2 amide bonds. The average molecular weight is 296 g/mol. The predicted octanol–water partition coefficient (Wildman–Crippen LogP) is 2.77. The predicted molar refractivity (Wildman–Crippen MR) is 78.0 cm³/mol. The number of urea groups is 1. The van der Waals surface area contributed by atoms with E-state index in [-0.39, 0.29) is 24.5 Å². The molecule has 0 bridgehead atoms. The first-order valence-corrected chi connectivity index (χ1v) is 7.64. The van der Waals surface area contributed by atoms with Crippen molar-refractivity contribution < 1.29 is 14.7 Å². The lowest BCUT2D eigenvalue weighted by molar-refractivity contribution is -0.137. The smallest absolute Gasteiger partial charge is 0.318 e. The van der Waals surface area contributed by atoms with Gasteiger partial charge in [0.15, 0.2) is 0 Å². The third kappa shape index (κ3) is 3.50. The van der Waals surface area contributed by atoms with Crippen LogP contribution < -0.4 is 5.32 Å². The van der Waals surface area contributed by atoms with Crippen molar-refractivity contribution in [3.63, 3.8) is 0 Å². The van der Waals surface area contributed by atoms with E-state index in [1.54, 1.807) is 16.2 Å². The molecule has 2 rings (SSSR count). The Bertz CT molecular complexity index is 500. The standard InChI is InChI=1S/C14H20N2O3S/c1-9-5-6-12(20-9)10(2)15-14(19)16-7-3-4-11(16)8-13(17)18/h5-6,10-11H,3-4,7-8H2,1-2H3,(H,15,19)(H,17,18). The number of carbonyl (C=O) groups excluding carboxylic acids is 1. The summed E-state index contributed by atoms with van der Waals surface area (Å²) in [6.45, 7) is 4.62. The van der Waals surface area contributed by atoms with E-state index >= 15 is 0 Å². The fraction of sp³-hybridized carbons (Fsp3) is 0.571. The van der Waals surface area contributed by atoms with Crippen molar-refractivity contribution in [1.29, 1.82) is 0 Å². The highest BCUT2D eigenvalue weighted by atomic mass is 32.1. The van der Waals surface area contributed by atoms with Crippen LogP contribution in [0.25, 0.3) is 0 Å². The normalized spacial score (nSPS) is 19.9. The zero-order chi connectivity index (χ0) is 14.7. The molecular weight excluding hydrogens is 276 g/mol. The number of rotatable bonds is 4. The van der Waals surface area contributed by atoms with Crippen LogP contribution in [0.15, 0.2) is 12.1 Å². The fourth-order valence-electron chi connectivity index (χ4n) is 2.54. The molecule has 0 aliphatic carbocycles. The van der Waals surface area contributed by atoms with Crippen LogP contribution in [0.2, 0.25) is 0 Å². The maximum absolute atomic E-state index is 12.3. The number of carboxylic acid groups (broad SMARTS) is 1. The number of carbonyl (C=O) groups is 2. The van der Waals surface area contributed by atoms with Gasteiger partial charge in [-0.1, -0.05) is 0 Å². The molecule has 20 heavy (non-hydrogen) atoms. The molecule has 6 heteroatoms. The van der Waals surface area contributed by atoms with Gasteiger partial charge in [-0.3, -0.25) is 4.79 Å². The average Bonchev–Trinajstić information content (AvgIpc) is 2.97. The first kappa shape index (κ1) is 14.8. The van der Waals surface area contributed by atoms with Gasteiger partial charge in [-0.15, -0.1) is 11.3 Å². The SMILES string of the molecule is Cc1ccc(C(C)NC(=O)N2CCCC2CC(=O)O)s1. The lowest BCUT2D eigenvalue weighted by Gasteiger charge is -2.25. The van der Waals surface area contributed by atoms with Crippen molar-refractivity contribution in [1.82, 2.24) is 10.2 Å². The van der Waals surface area contributed by atoms with Gasteiger partial charge in [-0.2, -0.15) is 0 Å². The van der Waals surface area contributed by atoms with Crippen LogP contribution in [0.4, 0.5) is 4.79 Å². The number of amides is 2. The molecule has 2 N–H and O–H groups in total. The monoisotopic (exact) mass is 296 g/mol. The Labute approximate surface area is 122 Å². The van der Waals surface area contributed by atoms with Gasteiger partial charge in [0.1, 0.15) is 0 Å². The fourth-order valence-corrected chi connectivity index (χ4v) is 3.42. The summed E-state index contributed by atoms with van der Waals surface area (Å²) in [5, 5.41) is 11.8. The zero-order valence-electron chi connectivity index (χ0n) is 11.8. The lowest BCUT2D eigenvalue weighted by atomic mass is 10.1. The molecule has 2 heterocycles. The Hall–Kier alpha value is -1.56. The second-order valence-electron chi connectivity index (χ2n) is 5.21. The summed E-state index contributed by atoms with van der Waals surface area (Å²) in [5.74, 6) is -0.850. The topological polar surface area (TPSA) is 69.6 Å². The summed E-state index contributed by atoms with van der Waals surface area (Å²) in [5.41, 5.74) is 0. The molecule has 1 saturated heterocycles. The van der Waals surface area contributed by atoms with E-state index in [4.69, 9.17) is 5.11 Å². The Morgan fingerprint density at radius 3 is 2.90 bits per heavy atom. The second-order valence-corrected chi connectivity index (χ2v) is 6.53. The minimum atomic E-state index is -0.850. The van der Waals surface area contributed by atoms with Crippen LogP contribution in [0.5, 0.6) is 0 Å². The summed E-state index contributed by atoms with van der Waals surface area (Å²) in [4.78, 5) is 27.1. The van der Waals surface area contributed by atoms with Crippen LogP contribution in [-0.2, 0) is 4.79 Å². The van der Waals surface area contributed by atoms with Crippen molar-refractivity contribution in [2.45, 2.75) is 45.2 Å². The molecule has 0 radical (unpaired) electrons. The third-order valence-electron chi connectivity index (χ3n) is 3.58. The Kier molecular flexibility index (Phi) is 4.65. The Morgan fingerprint density at radius 1 is 1.55 bits per heavy atom. The van der Waals surface area contributed by atoms with Crippen LogP contribution in [-0.4, -0.2) is 34.6 Å². The van der Waals surface area contributed by atoms with Gasteiger partial charge in [0, 0.05) is 22.3 Å². The first-order chi connectivity index (χ1) is 9.47. The van der Waals surface area contributed by atoms with Gasteiger partial charge < -0.3 is 15.3 Å². The van der Waals surface area contributed by atoms with E-state index in [0.29, 0.717) is 6.54 Å². The molecule has 110 valence electrons. The Balaban J connectivity index is 1.95. The summed E-state index contributed by atoms with van der Waals surface area (Å²) >= 11 is 1.66. The number of nitrogens with zero attached hydrogens (tertiary/aromatic N) is 1. The Morgan fingerprint density at radius 2 is 2.30 bits per heavy atom. The maximum Gasteiger partial charge on any atom is 0.318 e. The van der Waals surface area contributed by atoms with Gasteiger partial charge in [0.25, 0.3) is 0 Å². The highest BCUT2D eigenvalue weighted by Gasteiger charge is 2.31. The maximum atomic E-state index is 12.3. The van der Waals surface area contributed by atoms with Crippen molar-refractivity contribution in [2.24, 2.45) is 0 Å². The number of carboxylic acids is 1. The van der Waals surface area contributed by atoms with Gasteiger partial charge in [-0.25, -0.2) is 4.79 Å². The number of likely N-dealkylation sites (tertiary alicyclic amines) is 1. The molecule has 5 nitrogen and oxygen atoms in total.